The van der Waals surface area contributed by atoms with Gasteiger partial charge in [-0.25, -0.2) is 0 Å². The minimum Gasteiger partial charge on any atom is -0.756 e. The Morgan fingerprint density at radius 2 is 2.38 bits per heavy atom. The molecule has 0 saturated carbocycles. The van der Waals surface area contributed by atoms with Gasteiger partial charge in [0.25, 0.3) is 0 Å². The average Bonchev–Trinajstić information content (AvgIpc) is 1.67. The SMILES string of the molecule is COCN([O-])C(C)=N. The van der Waals surface area contributed by atoms with Crippen LogP contribution in [0, 0.1) is 10.6 Å². The van der Waals surface area contributed by atoms with E-state index >= 15 is 0 Å². The van der Waals surface area contributed by atoms with Gasteiger partial charge in [0.15, 0.2) is 0 Å². The molecule has 0 bridgehead atoms. The van der Waals surface area contributed by atoms with Crippen LogP contribution in [0.3, 0.4) is 0 Å². The number of amidine groups is 1. The summed E-state index contributed by atoms with van der Waals surface area (Å²) in [6, 6.07) is 0. The van der Waals surface area contributed by atoms with Gasteiger partial charge >= 0.3 is 0 Å². The Hall–Kier alpha value is -0.610. The van der Waals surface area contributed by atoms with Crippen molar-refractivity contribution in [2.45, 2.75) is 6.92 Å². The summed E-state index contributed by atoms with van der Waals surface area (Å²) in [5, 5.41) is 17.5. The second-order valence-electron chi connectivity index (χ2n) is 1.38. The molecular weight excluding hydrogens is 108 g/mol. The van der Waals surface area contributed by atoms with E-state index in [0.29, 0.717) is 5.06 Å². The molecular formula is C4H9N2O2-. The fraction of sp³-hybridized carbons (Fsp3) is 0.750. The van der Waals surface area contributed by atoms with E-state index in [4.69, 9.17) is 5.41 Å². The molecule has 0 aromatic carbocycles. The molecule has 8 heavy (non-hydrogen) atoms. The van der Waals surface area contributed by atoms with Crippen LogP contribution in [0.15, 0.2) is 0 Å². The van der Waals surface area contributed by atoms with E-state index in [2.05, 4.69) is 4.74 Å². The highest BCUT2D eigenvalue weighted by Crippen LogP contribution is 1.83. The first-order chi connectivity index (χ1) is 3.68. The maximum Gasteiger partial charge on any atom is 0.109 e. The molecule has 0 aliphatic heterocycles. The maximum absolute atomic E-state index is 10.3. The molecule has 0 radical (unpaired) electrons. The molecule has 0 aromatic heterocycles. The van der Waals surface area contributed by atoms with Gasteiger partial charge < -0.3 is 15.0 Å². The van der Waals surface area contributed by atoms with Crippen LogP contribution >= 0.6 is 0 Å². The van der Waals surface area contributed by atoms with Crippen LogP contribution in [0.2, 0.25) is 0 Å². The molecule has 0 aliphatic rings. The molecule has 0 atom stereocenters. The molecule has 0 heterocycles. The van der Waals surface area contributed by atoms with Crippen LogP contribution in [-0.2, 0) is 4.74 Å². The van der Waals surface area contributed by atoms with Gasteiger partial charge in [0.1, 0.15) is 6.73 Å². The molecule has 0 amide bonds. The quantitative estimate of drug-likeness (QED) is 0.246. The smallest absolute Gasteiger partial charge is 0.109 e. The minimum absolute atomic E-state index is 0.0353. The summed E-state index contributed by atoms with van der Waals surface area (Å²) in [4.78, 5) is 0. The third kappa shape index (κ3) is 2.54. The number of nitrogens with zero attached hydrogens (tertiary/aromatic N) is 1. The summed E-state index contributed by atoms with van der Waals surface area (Å²) in [5.74, 6) is -0.0353. The third-order valence-electron chi connectivity index (χ3n) is 0.620. The predicted molar refractivity (Wildman–Crippen MR) is 30.5 cm³/mol. The first-order valence-electron chi connectivity index (χ1n) is 2.17. The fourth-order valence-electron chi connectivity index (χ4n) is 0.214. The van der Waals surface area contributed by atoms with E-state index in [0.717, 1.165) is 0 Å². The number of methoxy groups -OCH3 is 1. The van der Waals surface area contributed by atoms with Gasteiger partial charge in [-0.3, -0.25) is 5.41 Å². The van der Waals surface area contributed by atoms with E-state index in [1.54, 1.807) is 0 Å². The molecule has 0 aliphatic carbocycles. The van der Waals surface area contributed by atoms with Crippen LogP contribution < -0.4 is 0 Å². The van der Waals surface area contributed by atoms with Gasteiger partial charge in [0.05, 0.1) is 5.84 Å². The summed E-state index contributed by atoms with van der Waals surface area (Å²) < 4.78 is 4.44. The molecule has 0 spiro atoms. The van der Waals surface area contributed by atoms with Crippen LogP contribution in [0.25, 0.3) is 0 Å². The van der Waals surface area contributed by atoms with E-state index < -0.39 is 0 Å². The monoisotopic (exact) mass is 117 g/mol. The molecule has 0 rings (SSSR count). The zero-order valence-corrected chi connectivity index (χ0v) is 4.97. The molecule has 48 valence electrons. The van der Waals surface area contributed by atoms with Crippen LogP contribution in [-0.4, -0.2) is 24.7 Å². The fourth-order valence-corrected chi connectivity index (χ4v) is 0.214. The van der Waals surface area contributed by atoms with E-state index in [-0.39, 0.29) is 12.6 Å². The van der Waals surface area contributed by atoms with E-state index in [1.165, 1.54) is 14.0 Å². The summed E-state index contributed by atoms with van der Waals surface area (Å²) in [6.07, 6.45) is 0. The number of nitrogens with one attached hydrogen (secondary N) is 1. The highest BCUT2D eigenvalue weighted by atomic mass is 16.6. The van der Waals surface area contributed by atoms with Crippen molar-refractivity contribution in [1.29, 1.82) is 5.41 Å². The average molecular weight is 117 g/mol. The van der Waals surface area contributed by atoms with Crippen LogP contribution in [0.1, 0.15) is 6.92 Å². The van der Waals surface area contributed by atoms with Crippen molar-refractivity contribution in [1.82, 2.24) is 5.06 Å². The predicted octanol–water partition coefficient (Wildman–Crippen LogP) is 0.387. The van der Waals surface area contributed by atoms with Crippen molar-refractivity contribution >= 4 is 5.84 Å². The molecule has 0 fully saturated rings. The summed E-state index contributed by atoms with van der Waals surface area (Å²) >= 11 is 0. The van der Waals surface area contributed by atoms with Crippen LogP contribution in [0.4, 0.5) is 0 Å². The van der Waals surface area contributed by atoms with Gasteiger partial charge in [-0.1, -0.05) is 0 Å². The first kappa shape index (κ1) is 7.39. The van der Waals surface area contributed by atoms with Gasteiger partial charge in [0, 0.05) is 7.11 Å². The summed E-state index contributed by atoms with van der Waals surface area (Å²) in [7, 11) is 1.41. The van der Waals surface area contributed by atoms with Crippen molar-refractivity contribution < 1.29 is 4.74 Å². The summed E-state index contributed by atoms with van der Waals surface area (Å²) in [5.41, 5.74) is 0. The van der Waals surface area contributed by atoms with E-state index in [1.807, 2.05) is 0 Å². The Bertz CT molecular complexity index is 84.1. The Morgan fingerprint density at radius 3 is 2.50 bits per heavy atom. The lowest BCUT2D eigenvalue weighted by molar-refractivity contribution is 0.134. The number of hydroxylamine groups is 2. The minimum atomic E-state index is -0.0602. The topological polar surface area (TPSA) is 59.4 Å². The normalized spacial score (nSPS) is 8.88. The molecule has 0 saturated heterocycles. The first-order valence-corrected chi connectivity index (χ1v) is 2.17. The van der Waals surface area contributed by atoms with Crippen LogP contribution in [0.5, 0.6) is 0 Å². The van der Waals surface area contributed by atoms with Crippen molar-refractivity contribution in [3.05, 3.63) is 5.21 Å². The highest BCUT2D eigenvalue weighted by Gasteiger charge is 1.85. The van der Waals surface area contributed by atoms with E-state index in [9.17, 15) is 5.21 Å². The number of hydrogen-bond acceptors (Lipinski definition) is 3. The third-order valence-corrected chi connectivity index (χ3v) is 0.620. The standard InChI is InChI=1S/C4H9N2O2/c1-4(5)6(7)3-8-2/h5H,3H2,1-2H3/q-1. The molecule has 4 nitrogen and oxygen atoms in total. The Morgan fingerprint density at radius 1 is 1.88 bits per heavy atom. The maximum atomic E-state index is 10.3. The largest absolute Gasteiger partial charge is 0.756 e. The van der Waals surface area contributed by atoms with Crippen molar-refractivity contribution in [2.75, 3.05) is 13.8 Å². The zero-order chi connectivity index (χ0) is 6.57. The number of ether oxygens (including phenoxy) is 1. The Balaban J connectivity index is 3.32. The molecule has 0 aromatic rings. The molecule has 4 heteroatoms. The Kier molecular flexibility index (Phi) is 3.14. The summed E-state index contributed by atoms with van der Waals surface area (Å²) in [6.45, 7) is 1.35. The second kappa shape index (κ2) is 3.40. The van der Waals surface area contributed by atoms with Gasteiger partial charge in [-0.15, -0.1) is 0 Å². The lowest BCUT2D eigenvalue weighted by Crippen LogP contribution is -2.23. The number of rotatable bonds is 2. The Labute approximate surface area is 48.1 Å². The van der Waals surface area contributed by atoms with Gasteiger partial charge in [-0.05, 0) is 6.92 Å². The highest BCUT2D eigenvalue weighted by molar-refractivity contribution is 5.76. The van der Waals surface area contributed by atoms with Gasteiger partial charge in [-0.2, -0.15) is 0 Å². The second-order valence-corrected chi connectivity index (χ2v) is 1.38. The zero-order valence-electron chi connectivity index (χ0n) is 4.97. The van der Waals surface area contributed by atoms with Crippen molar-refractivity contribution in [2.24, 2.45) is 0 Å². The van der Waals surface area contributed by atoms with Crippen molar-refractivity contribution in [3.63, 3.8) is 0 Å². The lowest BCUT2D eigenvalue weighted by atomic mass is 10.7. The van der Waals surface area contributed by atoms with Crippen molar-refractivity contribution in [3.8, 4) is 0 Å². The lowest BCUT2D eigenvalue weighted by Gasteiger charge is -2.27. The number of hydrogen-bond donors (Lipinski definition) is 1. The molecule has 1 N–H and O–H groups in total. The van der Waals surface area contributed by atoms with Gasteiger partial charge in [0.2, 0.25) is 0 Å². The molecule has 0 unspecified atom stereocenters.